The van der Waals surface area contributed by atoms with E-state index < -0.39 is 0 Å². The van der Waals surface area contributed by atoms with Crippen LogP contribution in [-0.2, 0) is 6.54 Å². The summed E-state index contributed by atoms with van der Waals surface area (Å²) < 4.78 is 16.2. The Hall–Kier alpha value is -4.07. The molecule has 1 aromatic heterocycles. The number of anilines is 1. The van der Waals surface area contributed by atoms with Gasteiger partial charge in [-0.1, -0.05) is 23.8 Å². The molecular formula is C24H26N4O4. The van der Waals surface area contributed by atoms with E-state index in [1.807, 2.05) is 31.2 Å². The molecular weight excluding hydrogens is 408 g/mol. The first kappa shape index (κ1) is 22.6. The molecule has 2 N–H and O–H groups in total. The van der Waals surface area contributed by atoms with Crippen molar-refractivity contribution in [2.45, 2.75) is 13.5 Å². The Labute approximate surface area is 187 Å². The number of pyridine rings is 1. The number of nitrogens with one attached hydrogen (secondary N) is 2. The molecule has 0 aliphatic carbocycles. The number of carbonyl (C=O) groups excluding carboxylic acids is 1. The van der Waals surface area contributed by atoms with Crippen molar-refractivity contribution in [2.75, 3.05) is 26.6 Å². The van der Waals surface area contributed by atoms with E-state index >= 15 is 0 Å². The normalized spacial score (nSPS) is 10.9. The van der Waals surface area contributed by atoms with Gasteiger partial charge in [-0.25, -0.2) is 4.99 Å². The first-order chi connectivity index (χ1) is 15.5. The number of guanidine groups is 1. The van der Waals surface area contributed by atoms with Crippen molar-refractivity contribution in [3.63, 3.8) is 0 Å². The highest BCUT2D eigenvalue weighted by molar-refractivity contribution is 6.10. The Balaban J connectivity index is 1.90. The van der Waals surface area contributed by atoms with Crippen LogP contribution in [-0.4, -0.2) is 38.2 Å². The van der Waals surface area contributed by atoms with E-state index in [1.54, 1.807) is 36.7 Å². The first-order valence-corrected chi connectivity index (χ1v) is 9.92. The molecule has 2 aromatic carbocycles. The molecule has 0 atom stereocenters. The van der Waals surface area contributed by atoms with Gasteiger partial charge in [-0.2, -0.15) is 0 Å². The van der Waals surface area contributed by atoms with Crippen molar-refractivity contribution in [3.8, 4) is 17.2 Å². The number of hydrogen-bond acceptors (Lipinski definition) is 6. The van der Waals surface area contributed by atoms with Crippen LogP contribution in [0.3, 0.4) is 0 Å². The molecule has 166 valence electrons. The van der Waals surface area contributed by atoms with E-state index in [4.69, 9.17) is 14.2 Å². The lowest BCUT2D eigenvalue weighted by molar-refractivity contribution is 0.0977. The molecule has 3 rings (SSSR count). The van der Waals surface area contributed by atoms with Crippen molar-refractivity contribution >= 4 is 17.6 Å². The second kappa shape index (κ2) is 10.8. The highest BCUT2D eigenvalue weighted by Gasteiger charge is 2.15. The van der Waals surface area contributed by atoms with Gasteiger partial charge in [0.1, 0.15) is 0 Å². The van der Waals surface area contributed by atoms with Gasteiger partial charge < -0.3 is 19.5 Å². The predicted octanol–water partition coefficient (Wildman–Crippen LogP) is 3.81. The maximum Gasteiger partial charge on any atom is 0.257 e. The zero-order chi connectivity index (χ0) is 22.9. The number of aryl methyl sites for hydroxylation is 1. The number of aliphatic imine (C=N–C) groups is 1. The number of methoxy groups -OCH3 is 3. The van der Waals surface area contributed by atoms with Gasteiger partial charge in [-0.15, -0.1) is 0 Å². The smallest absolute Gasteiger partial charge is 0.257 e. The number of benzene rings is 2. The molecule has 0 aliphatic heterocycles. The zero-order valence-corrected chi connectivity index (χ0v) is 18.5. The summed E-state index contributed by atoms with van der Waals surface area (Å²) in [5.41, 5.74) is 3.11. The van der Waals surface area contributed by atoms with Crippen LogP contribution in [0.1, 0.15) is 21.5 Å². The molecule has 0 radical (unpaired) electrons. The number of rotatable bonds is 7. The number of nitrogens with zero attached hydrogens (tertiary/aromatic N) is 2. The van der Waals surface area contributed by atoms with Gasteiger partial charge in [0.05, 0.1) is 27.9 Å². The van der Waals surface area contributed by atoms with E-state index in [9.17, 15) is 4.79 Å². The van der Waals surface area contributed by atoms with Crippen LogP contribution >= 0.6 is 0 Å². The van der Waals surface area contributed by atoms with E-state index in [1.165, 1.54) is 21.3 Å². The van der Waals surface area contributed by atoms with Crippen LogP contribution in [0.15, 0.2) is 65.9 Å². The average molecular weight is 434 g/mol. The van der Waals surface area contributed by atoms with Crippen molar-refractivity contribution < 1.29 is 19.0 Å². The molecule has 0 aliphatic rings. The molecule has 0 saturated heterocycles. The summed E-state index contributed by atoms with van der Waals surface area (Å²) in [6.07, 6.45) is 3.42. The highest BCUT2D eigenvalue weighted by Crippen LogP contribution is 2.39. The van der Waals surface area contributed by atoms with Gasteiger partial charge in [-0.3, -0.25) is 15.1 Å². The molecule has 0 bridgehead atoms. The van der Waals surface area contributed by atoms with Gasteiger partial charge in [0.25, 0.3) is 5.91 Å². The minimum atomic E-state index is -0.283. The first-order valence-electron chi connectivity index (χ1n) is 9.92. The summed E-state index contributed by atoms with van der Waals surface area (Å²) in [5.74, 6) is 1.42. The third-order valence-corrected chi connectivity index (χ3v) is 4.62. The van der Waals surface area contributed by atoms with Gasteiger partial charge in [0, 0.05) is 35.8 Å². The molecule has 8 nitrogen and oxygen atoms in total. The lowest BCUT2D eigenvalue weighted by Crippen LogP contribution is -2.36. The second-order valence-corrected chi connectivity index (χ2v) is 6.89. The maximum absolute atomic E-state index is 12.8. The minimum absolute atomic E-state index is 0.272. The Kier molecular flexibility index (Phi) is 7.64. The summed E-state index contributed by atoms with van der Waals surface area (Å²) in [7, 11) is 4.62. The van der Waals surface area contributed by atoms with Crippen molar-refractivity contribution in [1.82, 2.24) is 10.3 Å². The molecule has 8 heteroatoms. The van der Waals surface area contributed by atoms with Crippen molar-refractivity contribution in [1.29, 1.82) is 0 Å². The van der Waals surface area contributed by atoms with Gasteiger partial charge in [0.2, 0.25) is 11.7 Å². The van der Waals surface area contributed by atoms with E-state index in [-0.39, 0.29) is 11.9 Å². The summed E-state index contributed by atoms with van der Waals surface area (Å²) >= 11 is 0. The summed E-state index contributed by atoms with van der Waals surface area (Å²) in [6.45, 7) is 2.29. The van der Waals surface area contributed by atoms with Crippen LogP contribution < -0.4 is 24.8 Å². The van der Waals surface area contributed by atoms with Gasteiger partial charge in [0.15, 0.2) is 11.5 Å². The molecule has 1 amide bonds. The standard InChI is InChI=1S/C24H26N4O4/c1-16-7-9-18(10-8-16)23(29)28-24(26-15-17-6-5-11-25-14-17)27-19-12-20(30-2)22(32-4)21(13-19)31-3/h5-14H,15H2,1-4H3,(H2,26,27,28,29). The Bertz CT molecular complexity index is 1060. The zero-order valence-electron chi connectivity index (χ0n) is 18.5. The van der Waals surface area contributed by atoms with E-state index in [0.717, 1.165) is 11.1 Å². The largest absolute Gasteiger partial charge is 0.493 e. The quantitative estimate of drug-likeness (QED) is 0.434. The van der Waals surface area contributed by atoms with Crippen LogP contribution in [0, 0.1) is 6.92 Å². The number of ether oxygens (including phenoxy) is 3. The Morgan fingerprint density at radius 3 is 2.25 bits per heavy atom. The molecule has 0 unspecified atom stereocenters. The summed E-state index contributed by atoms with van der Waals surface area (Å²) in [5, 5.41) is 5.99. The fraction of sp³-hybridized carbons (Fsp3) is 0.208. The minimum Gasteiger partial charge on any atom is -0.493 e. The monoisotopic (exact) mass is 434 g/mol. The van der Waals surface area contributed by atoms with Crippen LogP contribution in [0.25, 0.3) is 0 Å². The molecule has 1 heterocycles. The molecule has 0 saturated carbocycles. The Morgan fingerprint density at radius 1 is 1.00 bits per heavy atom. The van der Waals surface area contributed by atoms with E-state index in [2.05, 4.69) is 20.6 Å². The number of hydrogen-bond donors (Lipinski definition) is 2. The third-order valence-electron chi connectivity index (χ3n) is 4.62. The summed E-state index contributed by atoms with van der Waals surface area (Å²) in [4.78, 5) is 21.5. The fourth-order valence-electron chi connectivity index (χ4n) is 2.95. The van der Waals surface area contributed by atoms with Crippen LogP contribution in [0.4, 0.5) is 5.69 Å². The van der Waals surface area contributed by atoms with Crippen LogP contribution in [0.2, 0.25) is 0 Å². The molecule has 0 spiro atoms. The topological polar surface area (TPSA) is 94.1 Å². The third kappa shape index (κ3) is 5.75. The number of aromatic nitrogens is 1. The maximum atomic E-state index is 12.8. The highest BCUT2D eigenvalue weighted by atomic mass is 16.5. The number of carbonyl (C=O) groups is 1. The summed E-state index contributed by atoms with van der Waals surface area (Å²) in [6, 6.07) is 14.5. The van der Waals surface area contributed by atoms with Crippen molar-refractivity contribution in [2.24, 2.45) is 4.99 Å². The lowest BCUT2D eigenvalue weighted by Gasteiger charge is -2.16. The average Bonchev–Trinajstić information content (AvgIpc) is 2.82. The van der Waals surface area contributed by atoms with Gasteiger partial charge in [-0.05, 0) is 30.7 Å². The second-order valence-electron chi connectivity index (χ2n) is 6.89. The van der Waals surface area contributed by atoms with Crippen molar-refractivity contribution in [3.05, 3.63) is 77.6 Å². The molecule has 3 aromatic rings. The Morgan fingerprint density at radius 2 is 1.69 bits per heavy atom. The predicted molar refractivity (Wildman–Crippen MR) is 124 cm³/mol. The van der Waals surface area contributed by atoms with Gasteiger partial charge >= 0.3 is 0 Å². The van der Waals surface area contributed by atoms with E-state index in [0.29, 0.717) is 35.0 Å². The molecule has 0 fully saturated rings. The van der Waals surface area contributed by atoms with Crippen LogP contribution in [0.5, 0.6) is 17.2 Å². The number of amides is 1. The fourth-order valence-corrected chi connectivity index (χ4v) is 2.95. The lowest BCUT2D eigenvalue weighted by atomic mass is 10.1. The SMILES string of the molecule is COc1cc(NC(=NCc2cccnc2)NC(=O)c2ccc(C)cc2)cc(OC)c1OC. The molecule has 32 heavy (non-hydrogen) atoms.